The lowest BCUT2D eigenvalue weighted by Gasteiger charge is -2.16. The average molecular weight is 391 g/mol. The second-order valence-corrected chi connectivity index (χ2v) is 7.68. The van der Waals surface area contributed by atoms with Crippen molar-refractivity contribution in [3.63, 3.8) is 0 Å². The van der Waals surface area contributed by atoms with Crippen LogP contribution in [0, 0.1) is 0 Å². The highest BCUT2D eigenvalue weighted by Gasteiger charge is 2.21. The van der Waals surface area contributed by atoms with Crippen LogP contribution in [0.2, 0.25) is 0 Å². The van der Waals surface area contributed by atoms with Crippen LogP contribution < -0.4 is 0 Å². The zero-order chi connectivity index (χ0) is 20.8. The summed E-state index contributed by atoms with van der Waals surface area (Å²) in [6, 6.07) is 6.75. The van der Waals surface area contributed by atoms with Crippen LogP contribution in [-0.4, -0.2) is 24.1 Å². The van der Waals surface area contributed by atoms with Crippen molar-refractivity contribution in [2.24, 2.45) is 0 Å². The van der Waals surface area contributed by atoms with Gasteiger partial charge in [-0.05, 0) is 51.7 Å². The summed E-state index contributed by atoms with van der Waals surface area (Å²) in [6.45, 7) is 8.16. The molecule has 2 unspecified atom stereocenters. The molecular weight excluding hydrogens is 352 g/mol. The summed E-state index contributed by atoms with van der Waals surface area (Å²) >= 11 is 0. The molecule has 0 aliphatic carbocycles. The third-order valence-corrected chi connectivity index (χ3v) is 4.91. The van der Waals surface area contributed by atoms with E-state index in [0.29, 0.717) is 0 Å². The summed E-state index contributed by atoms with van der Waals surface area (Å²) in [5, 5.41) is 0. The molecule has 0 saturated heterocycles. The molecule has 0 spiro atoms. The van der Waals surface area contributed by atoms with Gasteiger partial charge in [0.25, 0.3) is 0 Å². The minimum absolute atomic E-state index is 0.161. The third-order valence-electron chi connectivity index (χ3n) is 4.91. The molecule has 1 aromatic rings. The predicted molar refractivity (Wildman–Crippen MR) is 114 cm³/mol. The fourth-order valence-corrected chi connectivity index (χ4v) is 3.17. The van der Waals surface area contributed by atoms with Gasteiger partial charge in [-0.15, -0.1) is 0 Å². The van der Waals surface area contributed by atoms with Gasteiger partial charge in [0.05, 0.1) is 23.3 Å². The highest BCUT2D eigenvalue weighted by Crippen LogP contribution is 2.17. The van der Waals surface area contributed by atoms with Gasteiger partial charge in [0.1, 0.15) is 0 Å². The molecule has 0 radical (unpaired) electrons. The monoisotopic (exact) mass is 390 g/mol. The lowest BCUT2D eigenvalue weighted by Crippen LogP contribution is -2.20. The normalized spacial score (nSPS) is 13.0. The van der Waals surface area contributed by atoms with Crippen LogP contribution in [0.1, 0.15) is 113 Å². The maximum Gasteiger partial charge on any atom is 0.339 e. The molecule has 158 valence electrons. The van der Waals surface area contributed by atoms with E-state index in [-0.39, 0.29) is 23.3 Å². The van der Waals surface area contributed by atoms with E-state index in [9.17, 15) is 9.59 Å². The van der Waals surface area contributed by atoms with Gasteiger partial charge < -0.3 is 9.47 Å². The van der Waals surface area contributed by atoms with Crippen LogP contribution >= 0.6 is 0 Å². The first-order chi connectivity index (χ1) is 13.5. The number of esters is 2. The van der Waals surface area contributed by atoms with E-state index in [0.717, 1.165) is 38.5 Å². The van der Waals surface area contributed by atoms with Crippen LogP contribution in [0.4, 0.5) is 0 Å². The second-order valence-electron chi connectivity index (χ2n) is 7.68. The average Bonchev–Trinajstić information content (AvgIpc) is 2.68. The molecular formula is C24H38O4. The molecule has 0 fully saturated rings. The van der Waals surface area contributed by atoms with Crippen molar-refractivity contribution in [1.82, 2.24) is 0 Å². The molecule has 0 aliphatic rings. The van der Waals surface area contributed by atoms with E-state index in [1.165, 1.54) is 25.7 Å². The van der Waals surface area contributed by atoms with Gasteiger partial charge in [0, 0.05) is 0 Å². The number of ether oxygens (including phenoxy) is 2. The van der Waals surface area contributed by atoms with Gasteiger partial charge in [0.2, 0.25) is 0 Å². The van der Waals surface area contributed by atoms with E-state index in [1.807, 2.05) is 13.8 Å². The van der Waals surface area contributed by atoms with E-state index in [2.05, 4.69) is 13.8 Å². The third kappa shape index (κ3) is 9.38. The summed E-state index contributed by atoms with van der Waals surface area (Å²) in [5.41, 5.74) is 0.567. The molecule has 1 rings (SSSR count). The molecule has 0 N–H and O–H groups in total. The molecule has 0 amide bonds. The van der Waals surface area contributed by atoms with E-state index in [1.54, 1.807) is 24.3 Å². The Morgan fingerprint density at radius 3 is 1.46 bits per heavy atom. The topological polar surface area (TPSA) is 52.6 Å². The van der Waals surface area contributed by atoms with Crippen molar-refractivity contribution in [3.05, 3.63) is 35.4 Å². The molecule has 28 heavy (non-hydrogen) atoms. The van der Waals surface area contributed by atoms with Crippen LogP contribution in [0.3, 0.4) is 0 Å². The van der Waals surface area contributed by atoms with Crippen molar-refractivity contribution in [2.75, 3.05) is 0 Å². The number of hydrogen-bond acceptors (Lipinski definition) is 4. The van der Waals surface area contributed by atoms with Crippen LogP contribution in [0.15, 0.2) is 24.3 Å². The molecule has 0 aromatic heterocycles. The molecule has 4 heteroatoms. The Hall–Kier alpha value is -1.84. The minimum Gasteiger partial charge on any atom is -0.459 e. The fraction of sp³-hybridized carbons (Fsp3) is 0.667. The molecule has 4 nitrogen and oxygen atoms in total. The summed E-state index contributed by atoms with van der Waals surface area (Å²) in [5.74, 6) is -0.905. The maximum absolute atomic E-state index is 12.6. The molecule has 0 aliphatic heterocycles. The van der Waals surface area contributed by atoms with Gasteiger partial charge in [-0.1, -0.05) is 64.5 Å². The van der Waals surface area contributed by atoms with Crippen LogP contribution in [-0.2, 0) is 9.47 Å². The number of carbonyl (C=O) groups is 2. The molecule has 0 bridgehead atoms. The van der Waals surface area contributed by atoms with Gasteiger partial charge in [-0.2, -0.15) is 0 Å². The number of unbranched alkanes of at least 4 members (excludes halogenated alkanes) is 6. The summed E-state index contributed by atoms with van der Waals surface area (Å²) in [6.07, 6.45) is 10.5. The van der Waals surface area contributed by atoms with Crippen LogP contribution in [0.5, 0.6) is 0 Å². The zero-order valence-corrected chi connectivity index (χ0v) is 18.2. The Kier molecular flexibility index (Phi) is 12.3. The number of benzene rings is 1. The Morgan fingerprint density at radius 2 is 1.11 bits per heavy atom. The summed E-state index contributed by atoms with van der Waals surface area (Å²) in [7, 11) is 0. The van der Waals surface area contributed by atoms with Gasteiger partial charge >= 0.3 is 11.9 Å². The maximum atomic E-state index is 12.6. The van der Waals surface area contributed by atoms with Gasteiger partial charge in [-0.25, -0.2) is 9.59 Å². The Balaban J connectivity index is 2.60. The smallest absolute Gasteiger partial charge is 0.339 e. The van der Waals surface area contributed by atoms with Crippen molar-refractivity contribution in [2.45, 2.75) is 104 Å². The highest BCUT2D eigenvalue weighted by atomic mass is 16.5. The predicted octanol–water partition coefficient (Wildman–Crippen LogP) is 6.72. The van der Waals surface area contributed by atoms with Crippen molar-refractivity contribution >= 4 is 11.9 Å². The number of carbonyl (C=O) groups excluding carboxylic acids is 2. The van der Waals surface area contributed by atoms with E-state index in [4.69, 9.17) is 9.47 Å². The first-order valence-corrected chi connectivity index (χ1v) is 11.0. The quantitative estimate of drug-likeness (QED) is 0.261. The standard InChI is InChI=1S/C24H38O4/c1-5-7-9-11-15-19(3)27-23(25)21-17-13-14-18-22(21)24(26)28-20(4)16-12-10-8-6-2/h13-14,17-20H,5-12,15-16H2,1-4H3. The van der Waals surface area contributed by atoms with Crippen molar-refractivity contribution < 1.29 is 19.1 Å². The Morgan fingerprint density at radius 1 is 0.714 bits per heavy atom. The Bertz CT molecular complexity index is 531. The largest absolute Gasteiger partial charge is 0.459 e. The van der Waals surface area contributed by atoms with Gasteiger partial charge in [-0.3, -0.25) is 0 Å². The summed E-state index contributed by atoms with van der Waals surface area (Å²) < 4.78 is 11.1. The molecule has 0 saturated carbocycles. The van der Waals surface area contributed by atoms with Crippen molar-refractivity contribution in [1.29, 1.82) is 0 Å². The SMILES string of the molecule is CCCCCCC(C)OC(=O)c1ccccc1C(=O)OC(C)CCCCCC. The highest BCUT2D eigenvalue weighted by molar-refractivity contribution is 6.03. The zero-order valence-electron chi connectivity index (χ0n) is 18.2. The lowest BCUT2D eigenvalue weighted by atomic mass is 10.1. The lowest BCUT2D eigenvalue weighted by molar-refractivity contribution is 0.0270. The van der Waals surface area contributed by atoms with Crippen molar-refractivity contribution in [3.8, 4) is 0 Å². The number of hydrogen-bond donors (Lipinski definition) is 0. The minimum atomic E-state index is -0.453. The Labute approximate surface area is 171 Å². The van der Waals surface area contributed by atoms with E-state index < -0.39 is 11.9 Å². The fourth-order valence-electron chi connectivity index (χ4n) is 3.17. The molecule has 0 heterocycles. The van der Waals surface area contributed by atoms with Gasteiger partial charge in [0.15, 0.2) is 0 Å². The first kappa shape index (κ1) is 24.2. The number of rotatable bonds is 14. The van der Waals surface area contributed by atoms with E-state index >= 15 is 0 Å². The first-order valence-electron chi connectivity index (χ1n) is 11.0. The van der Waals surface area contributed by atoms with Crippen LogP contribution in [0.25, 0.3) is 0 Å². The second kappa shape index (κ2) is 14.2. The molecule has 2 atom stereocenters. The molecule has 1 aromatic carbocycles. The summed E-state index contributed by atoms with van der Waals surface area (Å²) in [4.78, 5) is 25.1.